The Hall–Kier alpha value is -2.56. The van der Waals surface area contributed by atoms with Crippen LogP contribution in [0.4, 0.5) is 11.4 Å². The molecule has 0 bridgehead atoms. The largest absolute Gasteiger partial charge is 0.744 e. The second kappa shape index (κ2) is 22.0. The van der Waals surface area contributed by atoms with Crippen molar-refractivity contribution in [2.24, 2.45) is 0 Å². The molecule has 354 valence electrons. The van der Waals surface area contributed by atoms with Crippen molar-refractivity contribution in [3.05, 3.63) is 96.8 Å². The molecule has 0 aliphatic carbocycles. The third-order valence-electron chi connectivity index (χ3n) is 11.5. The first-order valence-corrected chi connectivity index (χ1v) is 28.8. The summed E-state index contributed by atoms with van der Waals surface area (Å²) < 4.78 is 142. The van der Waals surface area contributed by atoms with Crippen LogP contribution in [-0.4, -0.2) is 96.7 Å². The monoisotopic (exact) mass is 1190 g/mol. The van der Waals surface area contributed by atoms with Gasteiger partial charge in [0.2, 0.25) is 5.69 Å². The maximum atomic E-state index is 13.0. The molecule has 4 rings (SSSR count). The molecule has 0 saturated carbocycles. The van der Waals surface area contributed by atoms with Crippen LogP contribution in [0.3, 0.4) is 0 Å². The Morgan fingerprint density at radius 1 is 0.812 bits per heavy atom. The van der Waals surface area contributed by atoms with Crippen molar-refractivity contribution >= 4 is 109 Å². The predicted molar refractivity (Wildman–Crippen MR) is 261 cm³/mol. The minimum Gasteiger partial charge on any atom is -0.744 e. The van der Waals surface area contributed by atoms with Gasteiger partial charge >= 0.3 is 16.1 Å². The van der Waals surface area contributed by atoms with Crippen LogP contribution in [0, 0.1) is 7.14 Å². The average Bonchev–Trinajstić information content (AvgIpc) is 3.53. The smallest absolute Gasteiger partial charge is 0.329 e. The molecule has 0 fully saturated rings. The summed E-state index contributed by atoms with van der Waals surface area (Å²) in [7, 11) is -18.2. The Balaban J connectivity index is 1.79. The number of halogens is 2. The van der Waals surface area contributed by atoms with E-state index in [0.717, 1.165) is 36.6 Å². The fourth-order valence-electron chi connectivity index (χ4n) is 8.58. The second-order valence-electron chi connectivity index (χ2n) is 16.3. The molecule has 0 radical (unpaired) electrons. The fourth-order valence-corrected chi connectivity index (χ4v) is 13.6. The number of carboxylic acids is 1. The van der Waals surface area contributed by atoms with Crippen LogP contribution in [0.5, 0.6) is 0 Å². The van der Waals surface area contributed by atoms with Crippen LogP contribution in [0.2, 0.25) is 0 Å². The van der Waals surface area contributed by atoms with Crippen LogP contribution in [-0.2, 0) is 56.1 Å². The Morgan fingerprint density at radius 2 is 1.42 bits per heavy atom. The fraction of sp³-hybridized carbons (Fsp3) is 0.476. The predicted octanol–water partition coefficient (Wildman–Crippen LogP) is 7.87. The maximum Gasteiger partial charge on any atom is 0.329 e. The van der Waals surface area contributed by atoms with Gasteiger partial charge in [-0.25, -0.2) is 8.42 Å². The molecule has 2 aromatic rings. The molecular formula is C42H54I2N2O14S4. The van der Waals surface area contributed by atoms with Gasteiger partial charge in [-0.05, 0) is 128 Å². The van der Waals surface area contributed by atoms with Crippen LogP contribution in [0.1, 0.15) is 103 Å². The van der Waals surface area contributed by atoms with Crippen LogP contribution in [0.25, 0.3) is 0 Å². The normalized spacial score (nSPS) is 20.6. The molecule has 16 nitrogen and oxygen atoms in total. The maximum absolute atomic E-state index is 13.0. The van der Waals surface area contributed by atoms with E-state index in [9.17, 15) is 61.8 Å². The van der Waals surface area contributed by atoms with Gasteiger partial charge in [-0.1, -0.05) is 56.6 Å². The lowest BCUT2D eigenvalue weighted by Gasteiger charge is -2.31. The molecule has 2 aliphatic heterocycles. The molecule has 0 aromatic heterocycles. The van der Waals surface area contributed by atoms with E-state index >= 15 is 0 Å². The number of carbonyl (C=O) groups is 1. The number of allylic oxidation sites excluding steroid dienone is 8. The number of fused-ring (bicyclic) bond motifs is 2. The summed E-state index contributed by atoms with van der Waals surface area (Å²) in [5, 5.41) is 7.67. The van der Waals surface area contributed by atoms with E-state index in [1.54, 1.807) is 44.2 Å². The highest BCUT2D eigenvalue weighted by Crippen LogP contribution is 2.53. The number of carboxylic acid groups (broad SMARTS) is 1. The Morgan fingerprint density at radius 3 is 2.03 bits per heavy atom. The summed E-state index contributed by atoms with van der Waals surface area (Å²) in [6.07, 6.45) is 15.5. The molecule has 3 atom stereocenters. The summed E-state index contributed by atoms with van der Waals surface area (Å²) in [5.74, 6) is -1.84. The minimum absolute atomic E-state index is 0.0163. The van der Waals surface area contributed by atoms with Gasteiger partial charge in [0.1, 0.15) is 10.1 Å². The van der Waals surface area contributed by atoms with E-state index < -0.39 is 79.0 Å². The van der Waals surface area contributed by atoms with Gasteiger partial charge in [0.05, 0.1) is 21.8 Å². The van der Waals surface area contributed by atoms with Gasteiger partial charge in [-0.2, -0.15) is 29.8 Å². The summed E-state index contributed by atoms with van der Waals surface area (Å²) >= 11 is 4.53. The van der Waals surface area contributed by atoms with Crippen LogP contribution < -0.4 is 4.90 Å². The number of hydrogen-bond acceptors (Lipinski definition) is 11. The van der Waals surface area contributed by atoms with Crippen molar-refractivity contribution in [3.63, 3.8) is 0 Å². The highest BCUT2D eigenvalue weighted by atomic mass is 127. The molecular weight excluding hydrogens is 1140 g/mol. The first-order chi connectivity index (χ1) is 29.6. The number of benzene rings is 2. The molecule has 0 amide bonds. The van der Waals surface area contributed by atoms with Crippen LogP contribution >= 0.6 is 45.2 Å². The summed E-state index contributed by atoms with van der Waals surface area (Å²) in [6.45, 7) is 5.82. The lowest BCUT2D eigenvalue weighted by Crippen LogP contribution is -2.37. The molecule has 3 unspecified atom stereocenters. The third kappa shape index (κ3) is 14.0. The van der Waals surface area contributed by atoms with Gasteiger partial charge in [0.15, 0.2) is 5.71 Å². The van der Waals surface area contributed by atoms with Gasteiger partial charge in [-0.3, -0.25) is 18.5 Å². The lowest BCUT2D eigenvalue weighted by atomic mass is 9.75. The minimum atomic E-state index is -4.96. The molecule has 22 heteroatoms. The number of nitrogens with zero attached hydrogens (tertiary/aromatic N) is 2. The van der Waals surface area contributed by atoms with Crippen molar-refractivity contribution in [2.45, 2.75) is 112 Å². The van der Waals surface area contributed by atoms with E-state index in [2.05, 4.69) is 63.1 Å². The van der Waals surface area contributed by atoms with Crippen molar-refractivity contribution in [3.8, 4) is 0 Å². The molecule has 0 saturated heterocycles. The summed E-state index contributed by atoms with van der Waals surface area (Å²) in [6, 6.07) is 7.64. The number of hydrogen-bond donors (Lipinski definition) is 4. The topological polar surface area (TPSA) is 264 Å². The van der Waals surface area contributed by atoms with E-state index in [1.807, 2.05) is 18.2 Å². The molecule has 0 spiro atoms. The van der Waals surface area contributed by atoms with Gasteiger partial charge < -0.3 is 14.6 Å². The lowest BCUT2D eigenvalue weighted by molar-refractivity contribution is -0.458. The zero-order chi connectivity index (χ0) is 47.9. The van der Waals surface area contributed by atoms with Gasteiger partial charge in [-0.15, -0.1) is 0 Å². The van der Waals surface area contributed by atoms with E-state index in [4.69, 9.17) is 0 Å². The quantitative estimate of drug-likeness (QED) is 0.0256. The Kier molecular flexibility index (Phi) is 18.6. The van der Waals surface area contributed by atoms with Gasteiger partial charge in [0, 0.05) is 66.6 Å². The van der Waals surface area contributed by atoms with E-state index in [0.29, 0.717) is 31.4 Å². The second-order valence-corrected chi connectivity index (χ2v) is 24.8. The van der Waals surface area contributed by atoms with E-state index in [-0.39, 0.29) is 56.3 Å². The number of anilines is 1. The number of unbranched alkanes of at least 4 members (excludes halogenated alkanes) is 3. The number of aliphatic carboxylic acids is 1. The highest BCUT2D eigenvalue weighted by molar-refractivity contribution is 14.1. The van der Waals surface area contributed by atoms with Crippen molar-refractivity contribution < 1.29 is 66.4 Å². The Labute approximate surface area is 404 Å². The molecule has 2 aliphatic rings. The van der Waals surface area contributed by atoms with Crippen molar-refractivity contribution in [1.82, 2.24) is 0 Å². The number of rotatable bonds is 24. The van der Waals surface area contributed by atoms with E-state index in [1.165, 1.54) is 16.7 Å². The standard InChI is InChI=1S/C42H54I2N2O14S4/c1-4-16-38(64(58,59)60)46-34-21-20-31(63(55,56)57)29-32(34)41(2,22-13-14-25-61(49,50)51)37(46)18-10-7-5-6-9-17-36-42(3,23-12-8-11-19-39(47)48)40-33(44)27-30(43)28-35(40)45(36)24-15-26-62(52,53)54/h5-7,9-10,17-18,20-21,27-29,38H,4,8,11-16,19,22-26H2,1-3H3,(H4-,47,48,49,50,51,52,53,54,55,56,57,58,59,60). The zero-order valence-electron chi connectivity index (χ0n) is 35.6. The summed E-state index contributed by atoms with van der Waals surface area (Å²) in [5.41, 5.74) is 1.93. The molecule has 4 N–H and O–H groups in total. The Bertz CT molecular complexity index is 2700. The first-order valence-electron chi connectivity index (χ1n) is 20.5. The molecule has 64 heavy (non-hydrogen) atoms. The highest BCUT2D eigenvalue weighted by Gasteiger charge is 2.52. The third-order valence-corrected chi connectivity index (χ3v) is 16.5. The average molecular weight is 1190 g/mol. The van der Waals surface area contributed by atoms with Gasteiger partial charge in [0.25, 0.3) is 25.6 Å². The van der Waals surface area contributed by atoms with Crippen molar-refractivity contribution in [2.75, 3.05) is 23.0 Å². The molecule has 2 aromatic carbocycles. The first kappa shape index (κ1) is 54.0. The zero-order valence-corrected chi connectivity index (χ0v) is 43.1. The summed E-state index contributed by atoms with van der Waals surface area (Å²) in [4.78, 5) is 12.7. The molecule has 2 heterocycles. The SMILES string of the molecule is CCCC([N+]1=C(C=CC=CC=CC=C2N(CCCS(=O)(=O)O)c3cc(I)cc(I)c3C2(C)CCCCCC(=O)O)C(C)(CCCCS(=O)(=O)O)c2cc(S(=O)(=O)[O-])ccc21)S(=O)(=O)O. The van der Waals surface area contributed by atoms with Crippen molar-refractivity contribution in [1.29, 1.82) is 0 Å². The van der Waals surface area contributed by atoms with Crippen LogP contribution in [0.15, 0.2) is 83.5 Å².